The summed E-state index contributed by atoms with van der Waals surface area (Å²) in [4.78, 5) is 15.8. The molecule has 1 heterocycles. The molecule has 0 fully saturated rings. The van der Waals surface area contributed by atoms with Gasteiger partial charge in [-0.2, -0.15) is 0 Å². The van der Waals surface area contributed by atoms with E-state index in [-0.39, 0.29) is 5.69 Å². The second kappa shape index (κ2) is 6.13. The van der Waals surface area contributed by atoms with E-state index in [0.717, 1.165) is 21.3 Å². The fraction of sp³-hybridized carbons (Fsp3) is 0.200. The van der Waals surface area contributed by atoms with E-state index in [0.29, 0.717) is 11.4 Å². The number of anilines is 3. The van der Waals surface area contributed by atoms with E-state index in [4.69, 9.17) is 10.5 Å². The van der Waals surface area contributed by atoms with Crippen LogP contribution in [0.3, 0.4) is 0 Å². The average Bonchev–Trinajstić information content (AvgIpc) is 2.46. The number of esters is 1. The molecule has 3 N–H and O–H groups in total. The number of carbonyl (C=O) groups is 1. The van der Waals surface area contributed by atoms with Gasteiger partial charge in [0.25, 0.3) is 0 Å². The lowest BCUT2D eigenvalue weighted by atomic mass is 10.1. The van der Waals surface area contributed by atoms with E-state index in [9.17, 15) is 4.79 Å². The van der Waals surface area contributed by atoms with Crippen molar-refractivity contribution in [1.82, 2.24) is 4.98 Å². The number of aromatic nitrogens is 1. The Morgan fingerprint density at radius 3 is 2.48 bits per heavy atom. The van der Waals surface area contributed by atoms with Gasteiger partial charge < -0.3 is 15.8 Å². The van der Waals surface area contributed by atoms with E-state index in [1.54, 1.807) is 6.07 Å². The van der Waals surface area contributed by atoms with Gasteiger partial charge in [-0.3, -0.25) is 0 Å². The molecular formula is C15H16BrN3O2. The van der Waals surface area contributed by atoms with Crippen molar-refractivity contribution in [3.05, 3.63) is 45.6 Å². The van der Waals surface area contributed by atoms with Crippen molar-refractivity contribution in [3.63, 3.8) is 0 Å². The average molecular weight is 350 g/mol. The van der Waals surface area contributed by atoms with Gasteiger partial charge in [-0.25, -0.2) is 9.78 Å². The minimum absolute atomic E-state index is 0.288. The Balaban J connectivity index is 2.34. The van der Waals surface area contributed by atoms with E-state index in [1.165, 1.54) is 13.3 Å². The number of pyridine rings is 1. The molecule has 5 nitrogen and oxygen atoms in total. The Hall–Kier alpha value is -2.08. The highest BCUT2D eigenvalue weighted by Crippen LogP contribution is 2.27. The summed E-state index contributed by atoms with van der Waals surface area (Å²) in [7, 11) is 1.32. The Labute approximate surface area is 131 Å². The molecule has 2 rings (SSSR count). The minimum atomic E-state index is -0.485. The second-order valence-corrected chi connectivity index (χ2v) is 5.49. The summed E-state index contributed by atoms with van der Waals surface area (Å²) in [5.74, 6) is 0.0480. The number of nitrogens with one attached hydrogen (secondary N) is 1. The number of nitrogens with zero attached hydrogens (tertiary/aromatic N) is 1. The number of halogens is 1. The number of methoxy groups -OCH3 is 1. The van der Waals surface area contributed by atoms with E-state index in [1.807, 2.05) is 26.0 Å². The molecule has 0 aliphatic heterocycles. The van der Waals surface area contributed by atoms with Gasteiger partial charge in [0.1, 0.15) is 5.82 Å². The number of hydrogen-bond acceptors (Lipinski definition) is 5. The zero-order valence-electron chi connectivity index (χ0n) is 12.0. The monoisotopic (exact) mass is 349 g/mol. The van der Waals surface area contributed by atoms with Gasteiger partial charge >= 0.3 is 5.97 Å². The fourth-order valence-electron chi connectivity index (χ4n) is 1.99. The minimum Gasteiger partial charge on any atom is -0.465 e. The molecule has 0 unspecified atom stereocenters. The molecule has 1 aromatic heterocycles. The van der Waals surface area contributed by atoms with Gasteiger partial charge in [0, 0.05) is 10.2 Å². The predicted octanol–water partition coefficient (Wildman–Crippen LogP) is 3.57. The summed E-state index contributed by atoms with van der Waals surface area (Å²) in [6.45, 7) is 4.02. The highest BCUT2D eigenvalue weighted by Gasteiger charge is 2.12. The molecule has 0 atom stereocenters. The van der Waals surface area contributed by atoms with Crippen molar-refractivity contribution >= 4 is 39.1 Å². The van der Waals surface area contributed by atoms with Crippen LogP contribution in [0.4, 0.5) is 17.2 Å². The van der Waals surface area contributed by atoms with Crippen LogP contribution in [0.15, 0.2) is 28.9 Å². The van der Waals surface area contributed by atoms with Crippen LogP contribution >= 0.6 is 15.9 Å². The molecule has 0 radical (unpaired) electrons. The molecule has 0 saturated heterocycles. The highest BCUT2D eigenvalue weighted by atomic mass is 79.9. The number of benzene rings is 1. The van der Waals surface area contributed by atoms with Crippen molar-refractivity contribution in [2.75, 3.05) is 18.2 Å². The van der Waals surface area contributed by atoms with E-state index in [2.05, 4.69) is 26.2 Å². The second-order valence-electron chi connectivity index (χ2n) is 4.70. The maximum Gasteiger partial charge on any atom is 0.340 e. The van der Waals surface area contributed by atoms with Crippen molar-refractivity contribution < 1.29 is 9.53 Å². The summed E-state index contributed by atoms with van der Waals surface area (Å²) >= 11 is 3.53. The van der Waals surface area contributed by atoms with Gasteiger partial charge in [-0.1, -0.05) is 15.9 Å². The Bertz CT molecular complexity index is 678. The SMILES string of the molecule is COC(=O)c1cc(Nc2cc(C)c(Br)c(C)c2)ncc1N. The number of carbonyl (C=O) groups excluding carboxylic acids is 1. The van der Waals surface area contributed by atoms with Crippen LogP contribution in [0.1, 0.15) is 21.5 Å². The highest BCUT2D eigenvalue weighted by molar-refractivity contribution is 9.10. The quantitative estimate of drug-likeness (QED) is 0.828. The zero-order chi connectivity index (χ0) is 15.6. The Kier molecular flexibility index (Phi) is 4.47. The molecule has 0 amide bonds. The Morgan fingerprint density at radius 1 is 1.29 bits per heavy atom. The first-order chi connectivity index (χ1) is 9.92. The van der Waals surface area contributed by atoms with Gasteiger partial charge in [0.2, 0.25) is 0 Å². The number of nitrogen functional groups attached to an aromatic ring is 1. The maximum atomic E-state index is 11.6. The summed E-state index contributed by atoms with van der Waals surface area (Å²) in [5.41, 5.74) is 9.42. The first kappa shape index (κ1) is 15.3. The molecule has 0 aliphatic carbocycles. The standard InChI is InChI=1S/C15H16BrN3O2/c1-8-4-10(5-9(2)14(8)16)19-13-6-11(15(20)21-3)12(17)7-18-13/h4-7H,17H2,1-3H3,(H,18,19). The molecule has 0 bridgehead atoms. The van der Waals surface area contributed by atoms with Crippen LogP contribution in [-0.2, 0) is 4.74 Å². The first-order valence-corrected chi connectivity index (χ1v) is 7.09. The number of aryl methyl sites for hydroxylation is 2. The molecule has 21 heavy (non-hydrogen) atoms. The maximum absolute atomic E-state index is 11.6. The summed E-state index contributed by atoms with van der Waals surface area (Å²) in [6.07, 6.45) is 1.44. The first-order valence-electron chi connectivity index (χ1n) is 6.30. The number of rotatable bonds is 3. The lowest BCUT2D eigenvalue weighted by molar-refractivity contribution is 0.0602. The number of hydrogen-bond donors (Lipinski definition) is 2. The third kappa shape index (κ3) is 3.33. The molecule has 2 aromatic rings. The molecule has 110 valence electrons. The van der Waals surface area contributed by atoms with Gasteiger partial charge in [0.05, 0.1) is 24.6 Å². The number of nitrogens with two attached hydrogens (primary N) is 1. The van der Waals surface area contributed by atoms with Crippen LogP contribution in [0.5, 0.6) is 0 Å². The third-order valence-corrected chi connectivity index (χ3v) is 4.30. The number of ether oxygens (including phenoxy) is 1. The molecule has 0 spiro atoms. The summed E-state index contributed by atoms with van der Waals surface area (Å²) in [6, 6.07) is 5.56. The molecule has 0 saturated carbocycles. The molecule has 0 aliphatic rings. The fourth-order valence-corrected chi connectivity index (χ4v) is 2.22. The molecular weight excluding hydrogens is 334 g/mol. The summed E-state index contributed by atoms with van der Waals surface area (Å²) in [5, 5.41) is 3.16. The Morgan fingerprint density at radius 2 is 1.90 bits per heavy atom. The van der Waals surface area contributed by atoms with Gasteiger partial charge in [0.15, 0.2) is 0 Å². The van der Waals surface area contributed by atoms with Crippen molar-refractivity contribution in [3.8, 4) is 0 Å². The van der Waals surface area contributed by atoms with Gasteiger partial charge in [-0.15, -0.1) is 0 Å². The van der Waals surface area contributed by atoms with Crippen LogP contribution in [0.2, 0.25) is 0 Å². The normalized spacial score (nSPS) is 10.3. The largest absolute Gasteiger partial charge is 0.465 e. The van der Waals surface area contributed by atoms with Crippen LogP contribution in [0, 0.1) is 13.8 Å². The van der Waals surface area contributed by atoms with Crippen molar-refractivity contribution in [2.45, 2.75) is 13.8 Å². The zero-order valence-corrected chi connectivity index (χ0v) is 13.6. The van der Waals surface area contributed by atoms with Crippen molar-refractivity contribution in [2.24, 2.45) is 0 Å². The van der Waals surface area contributed by atoms with E-state index >= 15 is 0 Å². The van der Waals surface area contributed by atoms with Gasteiger partial charge in [-0.05, 0) is 43.2 Å². The smallest absolute Gasteiger partial charge is 0.340 e. The van der Waals surface area contributed by atoms with E-state index < -0.39 is 5.97 Å². The predicted molar refractivity (Wildman–Crippen MR) is 86.9 cm³/mol. The van der Waals surface area contributed by atoms with Crippen molar-refractivity contribution in [1.29, 1.82) is 0 Å². The molecule has 1 aromatic carbocycles. The third-order valence-electron chi connectivity index (χ3n) is 3.05. The van der Waals surface area contributed by atoms with Crippen LogP contribution in [-0.4, -0.2) is 18.1 Å². The topological polar surface area (TPSA) is 77.2 Å². The lowest BCUT2D eigenvalue weighted by Gasteiger charge is -2.11. The molecule has 6 heteroatoms. The summed E-state index contributed by atoms with van der Waals surface area (Å²) < 4.78 is 5.77. The van der Waals surface area contributed by atoms with Crippen LogP contribution < -0.4 is 11.1 Å². The lowest BCUT2D eigenvalue weighted by Crippen LogP contribution is -2.07. The van der Waals surface area contributed by atoms with Crippen LogP contribution in [0.25, 0.3) is 0 Å².